The van der Waals surface area contributed by atoms with Crippen LogP contribution < -0.4 is 4.74 Å². The Bertz CT molecular complexity index is 1140. The van der Waals surface area contributed by atoms with Crippen LogP contribution >= 0.6 is 0 Å². The fraction of sp³-hybridized carbons (Fsp3) is 0.217. The minimum absolute atomic E-state index is 0.0591. The molecule has 0 spiro atoms. The second-order valence-electron chi connectivity index (χ2n) is 7.46. The van der Waals surface area contributed by atoms with E-state index in [1.165, 1.54) is 6.20 Å². The van der Waals surface area contributed by atoms with Crippen LogP contribution in [0.3, 0.4) is 0 Å². The molecule has 0 radical (unpaired) electrons. The Labute approximate surface area is 184 Å². The first-order valence-electron chi connectivity index (χ1n) is 9.74. The Morgan fingerprint density at radius 3 is 2.15 bits per heavy atom. The molecule has 0 saturated carbocycles. The van der Waals surface area contributed by atoms with Gasteiger partial charge in [-0.3, -0.25) is 4.79 Å². The van der Waals surface area contributed by atoms with Crippen molar-refractivity contribution in [1.82, 2.24) is 9.88 Å². The number of amides is 1. The summed E-state index contributed by atoms with van der Waals surface area (Å²) in [7, 11) is 0. The molecule has 1 aliphatic heterocycles. The second kappa shape index (κ2) is 8.42. The first-order chi connectivity index (χ1) is 15.5. The molecule has 4 nitrogen and oxygen atoms in total. The van der Waals surface area contributed by atoms with Crippen LogP contribution in [0.15, 0.2) is 60.8 Å². The van der Waals surface area contributed by atoms with Crippen molar-refractivity contribution in [2.75, 3.05) is 6.61 Å². The van der Waals surface area contributed by atoms with Gasteiger partial charge in [0.1, 0.15) is 0 Å². The summed E-state index contributed by atoms with van der Waals surface area (Å²) in [4.78, 5) is 17.9. The van der Waals surface area contributed by atoms with E-state index in [0.717, 1.165) is 10.5 Å². The molecule has 2 aromatic carbocycles. The lowest BCUT2D eigenvalue weighted by Crippen LogP contribution is -2.32. The highest BCUT2D eigenvalue weighted by Gasteiger charge is 2.37. The van der Waals surface area contributed by atoms with Crippen LogP contribution in [0.1, 0.15) is 22.3 Å². The smallest absolute Gasteiger partial charge is 0.416 e. The average molecular weight is 466 g/mol. The molecule has 0 unspecified atom stereocenters. The number of carbonyl (C=O) groups excluding carboxylic acids is 1. The zero-order valence-electron chi connectivity index (χ0n) is 16.9. The first kappa shape index (κ1) is 22.6. The molecule has 172 valence electrons. The summed E-state index contributed by atoms with van der Waals surface area (Å²) in [6.07, 6.45) is -8.44. The number of nitrogens with zero attached hydrogens (tertiary/aromatic N) is 2. The number of hydrogen-bond acceptors (Lipinski definition) is 3. The number of pyridine rings is 1. The van der Waals surface area contributed by atoms with Crippen LogP contribution in [0.4, 0.5) is 26.3 Å². The topological polar surface area (TPSA) is 42.4 Å². The summed E-state index contributed by atoms with van der Waals surface area (Å²) in [6.45, 7) is -0.995. The molecular weight excluding hydrogens is 450 g/mol. The molecule has 0 atom stereocenters. The van der Waals surface area contributed by atoms with E-state index in [-0.39, 0.29) is 24.1 Å². The largest absolute Gasteiger partial charge is 0.467 e. The molecule has 10 heteroatoms. The zero-order valence-corrected chi connectivity index (χ0v) is 16.9. The lowest BCUT2D eigenvalue weighted by Gasteiger charge is -2.22. The Morgan fingerprint density at radius 2 is 1.55 bits per heavy atom. The number of halogens is 6. The summed E-state index contributed by atoms with van der Waals surface area (Å²) >= 11 is 0. The molecular formula is C23H16F6N2O2. The lowest BCUT2D eigenvalue weighted by molar-refractivity contribution is -0.143. The van der Waals surface area contributed by atoms with Crippen LogP contribution in [0.25, 0.3) is 11.1 Å². The summed E-state index contributed by atoms with van der Waals surface area (Å²) in [6, 6.07) is 12.1. The van der Waals surface area contributed by atoms with Crippen molar-refractivity contribution in [1.29, 1.82) is 0 Å². The van der Waals surface area contributed by atoms with Gasteiger partial charge < -0.3 is 9.64 Å². The molecule has 0 bridgehead atoms. The Morgan fingerprint density at radius 1 is 0.909 bits per heavy atom. The van der Waals surface area contributed by atoms with Gasteiger partial charge in [-0.15, -0.1) is 0 Å². The maximum absolute atomic E-state index is 13.2. The lowest BCUT2D eigenvalue weighted by atomic mass is 10.0. The number of ether oxygens (including phenoxy) is 1. The number of fused-ring (bicyclic) bond motifs is 1. The molecule has 33 heavy (non-hydrogen) atoms. The number of rotatable bonds is 3. The van der Waals surface area contributed by atoms with E-state index in [1.54, 1.807) is 6.07 Å². The van der Waals surface area contributed by atoms with Crippen LogP contribution in [-0.2, 0) is 30.2 Å². The van der Waals surface area contributed by atoms with Crippen molar-refractivity contribution >= 4 is 5.91 Å². The van der Waals surface area contributed by atoms with Crippen molar-refractivity contribution in [3.8, 4) is 17.0 Å². The number of hydrogen-bond donors (Lipinski definition) is 0. The highest BCUT2D eigenvalue weighted by atomic mass is 19.4. The van der Waals surface area contributed by atoms with Gasteiger partial charge in [0.2, 0.25) is 5.88 Å². The summed E-state index contributed by atoms with van der Waals surface area (Å²) in [5.41, 5.74) is -1.15. The zero-order chi connectivity index (χ0) is 23.8. The van der Waals surface area contributed by atoms with Gasteiger partial charge in [0, 0.05) is 18.3 Å². The standard InChI is InChI=1S/C23H16F6N2O2/c24-22(25,26)16-8-14(9-17(10-16)23(27,28)29)11-31-12-19-18(15-4-2-1-3-5-15)6-7-30-21(19)33-13-20(31)32/h1-10H,11-13H2. The predicted octanol–water partition coefficient (Wildman–Crippen LogP) is 5.71. The second-order valence-corrected chi connectivity index (χ2v) is 7.46. The van der Waals surface area contributed by atoms with E-state index in [1.807, 2.05) is 30.3 Å². The molecule has 4 rings (SSSR count). The molecule has 0 aliphatic carbocycles. The fourth-order valence-corrected chi connectivity index (χ4v) is 3.61. The van der Waals surface area contributed by atoms with E-state index in [0.29, 0.717) is 23.3 Å². The van der Waals surface area contributed by atoms with Crippen molar-refractivity contribution in [2.45, 2.75) is 25.4 Å². The van der Waals surface area contributed by atoms with Crippen LogP contribution in [0.5, 0.6) is 5.88 Å². The molecule has 0 N–H and O–H groups in total. The Kier molecular flexibility index (Phi) is 5.77. The normalized spacial score (nSPS) is 14.5. The molecule has 2 heterocycles. The van der Waals surface area contributed by atoms with E-state index >= 15 is 0 Å². The minimum Gasteiger partial charge on any atom is -0.467 e. The van der Waals surface area contributed by atoms with Gasteiger partial charge in [-0.25, -0.2) is 4.98 Å². The van der Waals surface area contributed by atoms with Crippen molar-refractivity contribution in [2.24, 2.45) is 0 Å². The summed E-state index contributed by atoms with van der Waals surface area (Å²) in [5.74, 6) is -0.398. The van der Waals surface area contributed by atoms with Gasteiger partial charge in [0.25, 0.3) is 5.91 Å². The van der Waals surface area contributed by atoms with E-state index in [9.17, 15) is 31.1 Å². The van der Waals surface area contributed by atoms with Crippen molar-refractivity contribution in [3.63, 3.8) is 0 Å². The highest BCUT2D eigenvalue weighted by molar-refractivity contribution is 5.80. The van der Waals surface area contributed by atoms with Crippen molar-refractivity contribution < 1.29 is 35.9 Å². The molecule has 0 saturated heterocycles. The van der Waals surface area contributed by atoms with Gasteiger partial charge >= 0.3 is 12.4 Å². The number of alkyl halides is 6. The van der Waals surface area contributed by atoms with E-state index in [2.05, 4.69) is 4.98 Å². The predicted molar refractivity (Wildman–Crippen MR) is 106 cm³/mol. The Hall–Kier alpha value is -3.56. The van der Waals surface area contributed by atoms with E-state index in [4.69, 9.17) is 4.74 Å². The minimum atomic E-state index is -4.97. The van der Waals surface area contributed by atoms with Crippen LogP contribution in [0, 0.1) is 0 Å². The SMILES string of the molecule is O=C1COc2nccc(-c3ccccc3)c2CN1Cc1cc(C(F)(F)F)cc(C(F)(F)F)c1. The monoisotopic (exact) mass is 466 g/mol. The van der Waals surface area contributed by atoms with Crippen molar-refractivity contribution in [3.05, 3.63) is 83.0 Å². The number of benzene rings is 2. The van der Waals surface area contributed by atoms with Gasteiger partial charge in [0.15, 0.2) is 6.61 Å². The highest BCUT2D eigenvalue weighted by Crippen LogP contribution is 2.37. The van der Waals surface area contributed by atoms with Gasteiger partial charge in [-0.2, -0.15) is 26.3 Å². The van der Waals surface area contributed by atoms with E-state index < -0.39 is 42.5 Å². The number of carbonyl (C=O) groups is 1. The summed E-state index contributed by atoms with van der Waals surface area (Å²) in [5, 5.41) is 0. The summed E-state index contributed by atoms with van der Waals surface area (Å²) < 4.78 is 84.8. The quantitative estimate of drug-likeness (QED) is 0.465. The first-order valence-corrected chi connectivity index (χ1v) is 9.74. The fourth-order valence-electron chi connectivity index (χ4n) is 3.61. The number of aromatic nitrogens is 1. The Balaban J connectivity index is 1.73. The molecule has 1 amide bonds. The molecule has 0 fully saturated rings. The molecule has 1 aromatic heterocycles. The maximum atomic E-state index is 13.2. The van der Waals surface area contributed by atoms with Gasteiger partial charge in [-0.05, 0) is 41.0 Å². The average Bonchev–Trinajstić information content (AvgIpc) is 2.92. The van der Waals surface area contributed by atoms with Gasteiger partial charge in [0.05, 0.1) is 17.7 Å². The third-order valence-corrected chi connectivity index (χ3v) is 5.16. The van der Waals surface area contributed by atoms with Gasteiger partial charge in [-0.1, -0.05) is 30.3 Å². The molecule has 1 aliphatic rings. The third kappa shape index (κ3) is 4.94. The molecule has 3 aromatic rings. The van der Waals surface area contributed by atoms with Crippen LogP contribution in [0.2, 0.25) is 0 Å². The van der Waals surface area contributed by atoms with Crippen LogP contribution in [-0.4, -0.2) is 22.4 Å². The maximum Gasteiger partial charge on any atom is 0.416 e. The third-order valence-electron chi connectivity index (χ3n) is 5.16.